The fourth-order valence-corrected chi connectivity index (χ4v) is 2.26. The number of ether oxygens (including phenoxy) is 3. The Labute approximate surface area is 123 Å². The van der Waals surface area contributed by atoms with Crippen LogP contribution in [0.3, 0.4) is 0 Å². The molecular formula is C16H18N2O3. The molecule has 1 N–H and O–H groups in total. The minimum absolute atomic E-state index is 0.583. The molecule has 0 aliphatic carbocycles. The van der Waals surface area contributed by atoms with Crippen molar-refractivity contribution in [2.75, 3.05) is 20.3 Å². The summed E-state index contributed by atoms with van der Waals surface area (Å²) in [7, 11) is 1.68. The zero-order valence-corrected chi connectivity index (χ0v) is 12.0. The molecule has 2 aromatic rings. The van der Waals surface area contributed by atoms with Gasteiger partial charge in [0.25, 0.3) is 0 Å². The minimum atomic E-state index is 0.583. The van der Waals surface area contributed by atoms with Crippen LogP contribution in [0, 0.1) is 0 Å². The number of benzene rings is 1. The first kappa shape index (κ1) is 13.7. The van der Waals surface area contributed by atoms with Gasteiger partial charge in [0.05, 0.1) is 19.0 Å². The Balaban J connectivity index is 1.60. The third-order valence-electron chi connectivity index (χ3n) is 3.30. The lowest BCUT2D eigenvalue weighted by Crippen LogP contribution is -2.17. The highest BCUT2D eigenvalue weighted by Crippen LogP contribution is 2.29. The van der Waals surface area contributed by atoms with Gasteiger partial charge in [-0.3, -0.25) is 4.98 Å². The molecule has 0 atom stereocenters. The number of pyridine rings is 1. The summed E-state index contributed by atoms with van der Waals surface area (Å²) in [6.45, 7) is 2.56. The molecule has 0 fully saturated rings. The number of fused-ring (bicyclic) bond motifs is 1. The average Bonchev–Trinajstić information content (AvgIpc) is 2.55. The summed E-state index contributed by atoms with van der Waals surface area (Å²) in [4.78, 5) is 4.37. The van der Waals surface area contributed by atoms with E-state index in [4.69, 9.17) is 14.2 Å². The lowest BCUT2D eigenvalue weighted by Gasteiger charge is -2.18. The molecule has 0 saturated carbocycles. The van der Waals surface area contributed by atoms with E-state index in [0.717, 1.165) is 35.1 Å². The van der Waals surface area contributed by atoms with E-state index in [1.165, 1.54) is 0 Å². The molecule has 5 heteroatoms. The Kier molecular flexibility index (Phi) is 4.21. The van der Waals surface area contributed by atoms with Gasteiger partial charge in [-0.15, -0.1) is 0 Å². The molecule has 0 amide bonds. The standard InChI is InChI=1S/C16H18N2O3/c1-19-14-5-3-2-4-12(14)9-17-10-13-8-15-16(11-18-13)21-7-6-20-15/h2-5,8,11,17H,6-7,9-10H2,1H3. The summed E-state index contributed by atoms with van der Waals surface area (Å²) in [5.74, 6) is 2.38. The zero-order valence-electron chi connectivity index (χ0n) is 12.0. The molecule has 3 rings (SSSR count). The van der Waals surface area contributed by atoms with E-state index in [9.17, 15) is 0 Å². The molecule has 5 nitrogen and oxygen atoms in total. The number of nitrogens with one attached hydrogen (secondary N) is 1. The van der Waals surface area contributed by atoms with Crippen LogP contribution in [-0.2, 0) is 13.1 Å². The van der Waals surface area contributed by atoms with E-state index in [-0.39, 0.29) is 0 Å². The monoisotopic (exact) mass is 286 g/mol. The number of methoxy groups -OCH3 is 1. The molecule has 1 aromatic carbocycles. The van der Waals surface area contributed by atoms with Crippen molar-refractivity contribution < 1.29 is 14.2 Å². The van der Waals surface area contributed by atoms with E-state index < -0.39 is 0 Å². The number of para-hydroxylation sites is 1. The first-order valence-corrected chi connectivity index (χ1v) is 6.94. The van der Waals surface area contributed by atoms with E-state index in [1.54, 1.807) is 13.3 Å². The smallest absolute Gasteiger partial charge is 0.179 e. The third kappa shape index (κ3) is 3.25. The lowest BCUT2D eigenvalue weighted by atomic mass is 10.2. The average molecular weight is 286 g/mol. The minimum Gasteiger partial charge on any atom is -0.496 e. The van der Waals surface area contributed by atoms with Gasteiger partial charge in [-0.05, 0) is 6.07 Å². The van der Waals surface area contributed by atoms with Crippen LogP contribution in [0.25, 0.3) is 0 Å². The van der Waals surface area contributed by atoms with Crippen molar-refractivity contribution in [2.45, 2.75) is 13.1 Å². The van der Waals surface area contributed by atoms with Crippen molar-refractivity contribution in [3.63, 3.8) is 0 Å². The number of hydrogen-bond donors (Lipinski definition) is 1. The second-order valence-corrected chi connectivity index (χ2v) is 4.73. The van der Waals surface area contributed by atoms with Gasteiger partial charge >= 0.3 is 0 Å². The van der Waals surface area contributed by atoms with Crippen LogP contribution in [0.5, 0.6) is 17.2 Å². The second kappa shape index (κ2) is 6.45. The number of rotatable bonds is 5. The van der Waals surface area contributed by atoms with Crippen molar-refractivity contribution in [1.29, 1.82) is 0 Å². The van der Waals surface area contributed by atoms with Gasteiger partial charge in [0.15, 0.2) is 11.5 Å². The predicted octanol–water partition coefficient (Wildman–Crippen LogP) is 2.15. The van der Waals surface area contributed by atoms with Gasteiger partial charge in [0.2, 0.25) is 0 Å². The molecular weight excluding hydrogens is 268 g/mol. The van der Waals surface area contributed by atoms with Crippen molar-refractivity contribution in [3.05, 3.63) is 47.8 Å². The third-order valence-corrected chi connectivity index (χ3v) is 3.30. The van der Waals surface area contributed by atoms with Crippen LogP contribution >= 0.6 is 0 Å². The highest BCUT2D eigenvalue weighted by molar-refractivity contribution is 5.40. The van der Waals surface area contributed by atoms with E-state index in [2.05, 4.69) is 10.3 Å². The topological polar surface area (TPSA) is 52.6 Å². The molecule has 1 aromatic heterocycles. The maximum absolute atomic E-state index is 5.55. The van der Waals surface area contributed by atoms with Gasteiger partial charge in [-0.2, -0.15) is 0 Å². The van der Waals surface area contributed by atoms with Crippen molar-refractivity contribution in [3.8, 4) is 17.2 Å². The quantitative estimate of drug-likeness (QED) is 0.912. The molecule has 21 heavy (non-hydrogen) atoms. The normalized spacial score (nSPS) is 13.0. The zero-order chi connectivity index (χ0) is 14.5. The Morgan fingerprint density at radius 1 is 1.14 bits per heavy atom. The van der Waals surface area contributed by atoms with Crippen LogP contribution in [0.4, 0.5) is 0 Å². The van der Waals surface area contributed by atoms with Crippen molar-refractivity contribution in [2.24, 2.45) is 0 Å². The lowest BCUT2D eigenvalue weighted by molar-refractivity contribution is 0.170. The summed E-state index contributed by atoms with van der Waals surface area (Å²) < 4.78 is 16.3. The highest BCUT2D eigenvalue weighted by Gasteiger charge is 2.12. The van der Waals surface area contributed by atoms with Crippen LogP contribution < -0.4 is 19.5 Å². The molecule has 2 heterocycles. The van der Waals surface area contributed by atoms with Gasteiger partial charge in [0, 0.05) is 24.7 Å². The number of nitrogens with zero attached hydrogens (tertiary/aromatic N) is 1. The maximum atomic E-state index is 5.55. The van der Waals surface area contributed by atoms with Crippen molar-refractivity contribution >= 4 is 0 Å². The summed E-state index contributed by atoms with van der Waals surface area (Å²) in [6, 6.07) is 9.89. The number of aromatic nitrogens is 1. The van der Waals surface area contributed by atoms with E-state index in [0.29, 0.717) is 19.8 Å². The van der Waals surface area contributed by atoms with Gasteiger partial charge in [-0.1, -0.05) is 18.2 Å². The van der Waals surface area contributed by atoms with Crippen LogP contribution in [-0.4, -0.2) is 25.3 Å². The molecule has 1 aliphatic heterocycles. The molecule has 0 bridgehead atoms. The predicted molar refractivity (Wildman–Crippen MR) is 78.8 cm³/mol. The molecule has 1 aliphatic rings. The molecule has 0 radical (unpaired) electrons. The largest absolute Gasteiger partial charge is 0.496 e. The summed E-state index contributed by atoms with van der Waals surface area (Å²) in [5.41, 5.74) is 2.05. The first-order valence-electron chi connectivity index (χ1n) is 6.94. The fraction of sp³-hybridized carbons (Fsp3) is 0.312. The molecule has 0 spiro atoms. The molecule has 0 unspecified atom stereocenters. The Morgan fingerprint density at radius 2 is 1.95 bits per heavy atom. The van der Waals surface area contributed by atoms with E-state index >= 15 is 0 Å². The van der Waals surface area contributed by atoms with Crippen LogP contribution in [0.15, 0.2) is 36.5 Å². The highest BCUT2D eigenvalue weighted by atomic mass is 16.6. The molecule has 0 saturated heterocycles. The van der Waals surface area contributed by atoms with Gasteiger partial charge in [-0.25, -0.2) is 0 Å². The summed E-state index contributed by atoms with van der Waals surface area (Å²) in [6.07, 6.45) is 1.72. The second-order valence-electron chi connectivity index (χ2n) is 4.73. The summed E-state index contributed by atoms with van der Waals surface area (Å²) >= 11 is 0. The first-order chi connectivity index (χ1) is 10.4. The van der Waals surface area contributed by atoms with E-state index in [1.807, 2.05) is 30.3 Å². The Bertz CT molecular complexity index is 616. The molecule has 110 valence electrons. The Morgan fingerprint density at radius 3 is 2.81 bits per heavy atom. The fourth-order valence-electron chi connectivity index (χ4n) is 2.26. The van der Waals surface area contributed by atoms with Gasteiger partial charge < -0.3 is 19.5 Å². The van der Waals surface area contributed by atoms with Crippen LogP contribution in [0.1, 0.15) is 11.3 Å². The Hall–Kier alpha value is -2.27. The number of hydrogen-bond acceptors (Lipinski definition) is 5. The van der Waals surface area contributed by atoms with Crippen molar-refractivity contribution in [1.82, 2.24) is 10.3 Å². The van der Waals surface area contributed by atoms with Gasteiger partial charge in [0.1, 0.15) is 19.0 Å². The SMILES string of the molecule is COc1ccccc1CNCc1cc2c(cn1)OCCO2. The maximum Gasteiger partial charge on any atom is 0.179 e. The van der Waals surface area contributed by atoms with Crippen LogP contribution in [0.2, 0.25) is 0 Å². The summed E-state index contributed by atoms with van der Waals surface area (Å²) in [5, 5.41) is 3.36.